The van der Waals surface area contributed by atoms with Gasteiger partial charge in [0.15, 0.2) is 6.07 Å². The maximum Gasteiger partial charge on any atom is 0.303 e. The first-order chi connectivity index (χ1) is 7.72. The van der Waals surface area contributed by atoms with E-state index >= 15 is 0 Å². The summed E-state index contributed by atoms with van der Waals surface area (Å²) in [6, 6.07) is 9.23. The highest BCUT2D eigenvalue weighted by Crippen LogP contribution is 2.07. The van der Waals surface area contributed by atoms with E-state index in [0.29, 0.717) is 6.42 Å². The Labute approximate surface area is 94.3 Å². The van der Waals surface area contributed by atoms with Crippen LogP contribution in [0.15, 0.2) is 24.3 Å². The van der Waals surface area contributed by atoms with Gasteiger partial charge >= 0.3 is 5.97 Å². The van der Waals surface area contributed by atoms with Crippen molar-refractivity contribution < 1.29 is 9.90 Å². The Balaban J connectivity index is 2.52. The zero-order chi connectivity index (χ0) is 11.8. The third-order valence-electron chi connectivity index (χ3n) is 2.07. The zero-order valence-corrected chi connectivity index (χ0v) is 8.73. The van der Waals surface area contributed by atoms with Crippen molar-refractivity contribution in [2.45, 2.75) is 19.3 Å². The van der Waals surface area contributed by atoms with E-state index in [0.717, 1.165) is 17.5 Å². The van der Waals surface area contributed by atoms with Crippen LogP contribution in [0.3, 0.4) is 0 Å². The number of rotatable bonds is 4. The van der Waals surface area contributed by atoms with Crippen LogP contribution < -0.4 is 0 Å². The van der Waals surface area contributed by atoms with Crippen LogP contribution in [0, 0.1) is 23.2 Å². The molecule has 0 aliphatic carbocycles. The molecule has 1 rings (SSSR count). The SMILES string of the molecule is N#CC#Cc1ccc(CCCC(=O)O)cc1. The van der Waals surface area contributed by atoms with Gasteiger partial charge in [0.2, 0.25) is 0 Å². The number of carboxylic acids is 1. The Morgan fingerprint density at radius 3 is 2.56 bits per heavy atom. The van der Waals surface area contributed by atoms with Gasteiger partial charge in [-0.05, 0) is 30.5 Å². The van der Waals surface area contributed by atoms with E-state index in [1.807, 2.05) is 24.3 Å². The number of hydrogen-bond acceptors (Lipinski definition) is 2. The van der Waals surface area contributed by atoms with Crippen LogP contribution in [-0.2, 0) is 11.2 Å². The van der Waals surface area contributed by atoms with E-state index in [2.05, 4.69) is 11.8 Å². The minimum atomic E-state index is -0.767. The van der Waals surface area contributed by atoms with Crippen molar-refractivity contribution in [3.63, 3.8) is 0 Å². The lowest BCUT2D eigenvalue weighted by molar-refractivity contribution is -0.137. The van der Waals surface area contributed by atoms with Gasteiger partial charge in [-0.15, -0.1) is 0 Å². The third-order valence-corrected chi connectivity index (χ3v) is 2.07. The molecular formula is C13H11NO2. The van der Waals surface area contributed by atoms with E-state index in [1.54, 1.807) is 6.07 Å². The summed E-state index contributed by atoms with van der Waals surface area (Å²) in [5.41, 5.74) is 1.88. The van der Waals surface area contributed by atoms with Crippen LogP contribution in [-0.4, -0.2) is 11.1 Å². The highest BCUT2D eigenvalue weighted by atomic mass is 16.4. The van der Waals surface area contributed by atoms with Crippen molar-refractivity contribution in [1.29, 1.82) is 5.26 Å². The van der Waals surface area contributed by atoms with Crippen LogP contribution in [0.5, 0.6) is 0 Å². The summed E-state index contributed by atoms with van der Waals surface area (Å²) in [5, 5.41) is 16.8. The molecule has 3 heteroatoms. The molecule has 1 aromatic rings. The van der Waals surface area contributed by atoms with Crippen LogP contribution >= 0.6 is 0 Å². The molecule has 0 aromatic heterocycles. The van der Waals surface area contributed by atoms with Gasteiger partial charge in [-0.25, -0.2) is 0 Å². The minimum absolute atomic E-state index is 0.190. The van der Waals surface area contributed by atoms with Gasteiger partial charge in [0.25, 0.3) is 0 Å². The molecule has 0 spiro atoms. The normalized spacial score (nSPS) is 8.69. The van der Waals surface area contributed by atoms with E-state index in [9.17, 15) is 4.79 Å². The number of aliphatic carboxylic acids is 1. The van der Waals surface area contributed by atoms with Gasteiger partial charge in [-0.2, -0.15) is 5.26 Å². The fraction of sp³-hybridized carbons (Fsp3) is 0.231. The van der Waals surface area contributed by atoms with Gasteiger partial charge in [0.05, 0.1) is 0 Å². The van der Waals surface area contributed by atoms with Gasteiger partial charge in [-0.3, -0.25) is 4.79 Å². The second kappa shape index (κ2) is 6.27. The molecule has 1 N–H and O–H groups in total. The first kappa shape index (κ1) is 11.8. The van der Waals surface area contributed by atoms with Gasteiger partial charge in [0, 0.05) is 17.9 Å². The average Bonchev–Trinajstić information content (AvgIpc) is 2.27. The molecule has 0 bridgehead atoms. The van der Waals surface area contributed by atoms with Crippen molar-refractivity contribution in [3.05, 3.63) is 35.4 Å². The first-order valence-corrected chi connectivity index (χ1v) is 4.93. The summed E-state index contributed by atoms with van der Waals surface area (Å²) in [6.07, 6.45) is 1.58. The molecule has 0 unspecified atom stereocenters. The van der Waals surface area contributed by atoms with Crippen molar-refractivity contribution >= 4 is 5.97 Å². The van der Waals surface area contributed by atoms with Gasteiger partial charge < -0.3 is 5.11 Å². The van der Waals surface area contributed by atoms with Gasteiger partial charge in [0.1, 0.15) is 0 Å². The molecule has 0 aliphatic heterocycles. The summed E-state index contributed by atoms with van der Waals surface area (Å²) in [4.78, 5) is 10.3. The van der Waals surface area contributed by atoms with Crippen LogP contribution in [0.4, 0.5) is 0 Å². The average molecular weight is 213 g/mol. The fourth-order valence-corrected chi connectivity index (χ4v) is 1.30. The van der Waals surface area contributed by atoms with E-state index < -0.39 is 5.97 Å². The van der Waals surface area contributed by atoms with Crippen LogP contribution in [0.1, 0.15) is 24.0 Å². The van der Waals surface area contributed by atoms with E-state index in [1.165, 1.54) is 0 Å². The maximum atomic E-state index is 10.3. The monoisotopic (exact) mass is 213 g/mol. The zero-order valence-electron chi connectivity index (χ0n) is 8.73. The largest absolute Gasteiger partial charge is 0.481 e. The molecule has 3 nitrogen and oxygen atoms in total. The lowest BCUT2D eigenvalue weighted by Crippen LogP contribution is -1.95. The standard InChI is InChI=1S/C13H11NO2/c14-10-2-4-12-8-6-11(7-9-12)3-1-5-13(15)16/h6-9H,1,3,5H2,(H,15,16). The maximum absolute atomic E-state index is 10.3. The Morgan fingerprint density at radius 2 is 2.00 bits per heavy atom. The number of hydrogen-bond donors (Lipinski definition) is 1. The lowest BCUT2D eigenvalue weighted by atomic mass is 10.1. The molecular weight excluding hydrogens is 202 g/mol. The molecule has 0 amide bonds. The molecule has 0 saturated heterocycles. The van der Waals surface area contributed by atoms with Gasteiger partial charge in [-0.1, -0.05) is 18.1 Å². The number of carboxylic acid groups (broad SMARTS) is 1. The topological polar surface area (TPSA) is 61.1 Å². The van der Waals surface area contributed by atoms with Crippen molar-refractivity contribution in [3.8, 4) is 17.9 Å². The highest BCUT2D eigenvalue weighted by Gasteiger charge is 1.98. The Morgan fingerprint density at radius 1 is 1.31 bits per heavy atom. The Kier molecular flexibility index (Phi) is 4.63. The van der Waals surface area contributed by atoms with E-state index in [4.69, 9.17) is 10.4 Å². The molecule has 0 aliphatic rings. The number of benzene rings is 1. The molecule has 1 aromatic carbocycles. The van der Waals surface area contributed by atoms with Crippen molar-refractivity contribution in [2.24, 2.45) is 0 Å². The number of carbonyl (C=O) groups is 1. The summed E-state index contributed by atoms with van der Waals surface area (Å²) in [5.74, 6) is 4.24. The number of nitriles is 1. The minimum Gasteiger partial charge on any atom is -0.481 e. The summed E-state index contributed by atoms with van der Waals surface area (Å²) < 4.78 is 0. The van der Waals surface area contributed by atoms with Crippen molar-refractivity contribution in [2.75, 3.05) is 0 Å². The molecule has 0 fully saturated rings. The summed E-state index contributed by atoms with van der Waals surface area (Å²) in [7, 11) is 0. The van der Waals surface area contributed by atoms with Crippen LogP contribution in [0.2, 0.25) is 0 Å². The number of aryl methyl sites for hydroxylation is 1. The summed E-state index contributed by atoms with van der Waals surface area (Å²) >= 11 is 0. The predicted octanol–water partition coefficient (Wildman–Crippen LogP) is 1.97. The second-order valence-electron chi connectivity index (χ2n) is 3.31. The molecule has 0 radical (unpaired) electrons. The molecule has 80 valence electrons. The lowest BCUT2D eigenvalue weighted by Gasteiger charge is -1.99. The molecule has 16 heavy (non-hydrogen) atoms. The van der Waals surface area contributed by atoms with Crippen LogP contribution in [0.25, 0.3) is 0 Å². The second-order valence-corrected chi connectivity index (χ2v) is 3.31. The molecule has 0 saturated carbocycles. The Bertz CT molecular complexity index is 457. The molecule has 0 atom stereocenters. The predicted molar refractivity (Wildman–Crippen MR) is 59.5 cm³/mol. The fourth-order valence-electron chi connectivity index (χ4n) is 1.30. The van der Waals surface area contributed by atoms with Crippen molar-refractivity contribution in [1.82, 2.24) is 0 Å². The first-order valence-electron chi connectivity index (χ1n) is 4.93. The summed E-state index contributed by atoms with van der Waals surface area (Å²) in [6.45, 7) is 0. The number of nitrogens with zero attached hydrogens (tertiary/aromatic N) is 1. The van der Waals surface area contributed by atoms with E-state index in [-0.39, 0.29) is 6.42 Å². The Hall–Kier alpha value is -2.26. The third kappa shape index (κ3) is 4.30. The quantitative estimate of drug-likeness (QED) is 0.778. The highest BCUT2D eigenvalue weighted by molar-refractivity contribution is 5.66. The smallest absolute Gasteiger partial charge is 0.303 e. The molecule has 0 heterocycles.